The summed E-state index contributed by atoms with van der Waals surface area (Å²) in [6.45, 7) is 3.06. The molecule has 0 aromatic heterocycles. The van der Waals surface area contributed by atoms with Crippen molar-refractivity contribution in [1.82, 2.24) is 9.80 Å². The summed E-state index contributed by atoms with van der Waals surface area (Å²) in [7, 11) is 1.57. The van der Waals surface area contributed by atoms with E-state index in [0.29, 0.717) is 43.0 Å². The highest BCUT2D eigenvalue weighted by atomic mass is 16.5. The van der Waals surface area contributed by atoms with Crippen molar-refractivity contribution in [2.75, 3.05) is 33.3 Å². The molecule has 1 fully saturated rings. The summed E-state index contributed by atoms with van der Waals surface area (Å²) in [6.07, 6.45) is 1.42. The van der Waals surface area contributed by atoms with Crippen LogP contribution in [0.1, 0.15) is 41.3 Å². The Labute approximate surface area is 199 Å². The average molecular weight is 464 g/mol. The molecule has 2 amide bonds. The number of hydrogen-bond acceptors (Lipinski definition) is 6. The molecule has 1 saturated heterocycles. The Hall–Kier alpha value is -3.86. The van der Waals surface area contributed by atoms with Crippen molar-refractivity contribution in [2.45, 2.75) is 26.4 Å². The Kier molecular flexibility index (Phi) is 8.63. The van der Waals surface area contributed by atoms with Gasteiger partial charge in [0.1, 0.15) is 12.4 Å². The standard InChI is InChI=1S/C26H29N3O5/c1-3-33-26(32)21-11-7-13-29(16-21)24(30)17-28(2)25(31)19-10-6-12-23(14-19)34-18-22-9-5-4-8-20(22)15-27/h4-6,8-10,12,14,21H,3,7,11,13,16-18H2,1-2H3. The number of likely N-dealkylation sites (tertiary alicyclic amines) is 1. The van der Waals surface area contributed by atoms with Crippen molar-refractivity contribution >= 4 is 17.8 Å². The van der Waals surface area contributed by atoms with Crippen molar-refractivity contribution < 1.29 is 23.9 Å². The number of amides is 2. The van der Waals surface area contributed by atoms with Crippen LogP contribution in [0.25, 0.3) is 0 Å². The third-order valence-electron chi connectivity index (χ3n) is 5.73. The molecule has 1 heterocycles. The molecule has 0 radical (unpaired) electrons. The van der Waals surface area contributed by atoms with Crippen LogP contribution in [0.2, 0.25) is 0 Å². The van der Waals surface area contributed by atoms with Crippen LogP contribution in [0.4, 0.5) is 0 Å². The summed E-state index contributed by atoms with van der Waals surface area (Å²) < 4.78 is 10.9. The molecule has 178 valence electrons. The molecule has 3 rings (SSSR count). The molecule has 1 atom stereocenters. The van der Waals surface area contributed by atoms with E-state index in [1.165, 1.54) is 4.90 Å². The van der Waals surface area contributed by atoms with E-state index in [0.717, 1.165) is 12.0 Å². The highest BCUT2D eigenvalue weighted by Crippen LogP contribution is 2.20. The first-order valence-electron chi connectivity index (χ1n) is 11.3. The Morgan fingerprint density at radius 1 is 1.18 bits per heavy atom. The van der Waals surface area contributed by atoms with Crippen molar-refractivity contribution in [2.24, 2.45) is 5.92 Å². The summed E-state index contributed by atoms with van der Waals surface area (Å²) in [5.74, 6) is -0.621. The van der Waals surface area contributed by atoms with Gasteiger partial charge in [-0.2, -0.15) is 5.26 Å². The fourth-order valence-corrected chi connectivity index (χ4v) is 3.89. The van der Waals surface area contributed by atoms with E-state index in [9.17, 15) is 19.6 Å². The van der Waals surface area contributed by atoms with Crippen LogP contribution in [0.3, 0.4) is 0 Å². The predicted octanol–water partition coefficient (Wildman–Crippen LogP) is 3.01. The highest BCUT2D eigenvalue weighted by molar-refractivity contribution is 5.96. The lowest BCUT2D eigenvalue weighted by molar-refractivity contribution is -0.151. The minimum atomic E-state index is -0.321. The summed E-state index contributed by atoms with van der Waals surface area (Å²) >= 11 is 0. The molecule has 2 aromatic rings. The lowest BCUT2D eigenvalue weighted by Gasteiger charge is -2.32. The summed E-state index contributed by atoms with van der Waals surface area (Å²) in [4.78, 5) is 40.7. The van der Waals surface area contributed by atoms with Gasteiger partial charge < -0.3 is 19.3 Å². The summed E-state index contributed by atoms with van der Waals surface area (Å²) in [6, 6.07) is 16.0. The Morgan fingerprint density at radius 2 is 1.97 bits per heavy atom. The van der Waals surface area contributed by atoms with Gasteiger partial charge in [0.05, 0.1) is 30.7 Å². The second-order valence-electron chi connectivity index (χ2n) is 8.18. The second kappa shape index (κ2) is 11.8. The molecule has 0 spiro atoms. The maximum Gasteiger partial charge on any atom is 0.310 e. The zero-order valence-corrected chi connectivity index (χ0v) is 19.5. The van der Waals surface area contributed by atoms with E-state index in [-0.39, 0.29) is 36.9 Å². The van der Waals surface area contributed by atoms with E-state index in [1.54, 1.807) is 55.3 Å². The largest absolute Gasteiger partial charge is 0.489 e. The SMILES string of the molecule is CCOC(=O)C1CCCN(C(=O)CN(C)C(=O)c2cccc(OCc3ccccc3C#N)c2)C1. The lowest BCUT2D eigenvalue weighted by atomic mass is 9.98. The number of hydrogen-bond donors (Lipinski definition) is 0. The van der Waals surface area contributed by atoms with Crippen LogP contribution < -0.4 is 4.74 Å². The fraction of sp³-hybridized carbons (Fsp3) is 0.385. The Bertz CT molecular complexity index is 1080. The molecule has 8 nitrogen and oxygen atoms in total. The molecule has 0 saturated carbocycles. The van der Waals surface area contributed by atoms with Gasteiger partial charge in [-0.1, -0.05) is 24.3 Å². The first-order chi connectivity index (χ1) is 16.4. The molecule has 1 unspecified atom stereocenters. The Balaban J connectivity index is 1.58. The highest BCUT2D eigenvalue weighted by Gasteiger charge is 2.30. The summed E-state index contributed by atoms with van der Waals surface area (Å²) in [5.41, 5.74) is 1.69. The number of rotatable bonds is 8. The molecule has 1 aliphatic heterocycles. The van der Waals surface area contributed by atoms with Crippen LogP contribution in [0, 0.1) is 17.2 Å². The number of benzene rings is 2. The average Bonchev–Trinajstić information content (AvgIpc) is 2.87. The van der Waals surface area contributed by atoms with Crippen LogP contribution in [0.15, 0.2) is 48.5 Å². The quantitative estimate of drug-likeness (QED) is 0.558. The minimum Gasteiger partial charge on any atom is -0.489 e. The molecular formula is C26H29N3O5. The molecule has 0 N–H and O–H groups in total. The number of carbonyl (C=O) groups is 3. The second-order valence-corrected chi connectivity index (χ2v) is 8.18. The first-order valence-corrected chi connectivity index (χ1v) is 11.3. The minimum absolute atomic E-state index is 0.0883. The van der Waals surface area contributed by atoms with Gasteiger partial charge in [0.15, 0.2) is 0 Å². The zero-order chi connectivity index (χ0) is 24.5. The van der Waals surface area contributed by atoms with E-state index in [2.05, 4.69) is 6.07 Å². The fourth-order valence-electron chi connectivity index (χ4n) is 3.89. The topological polar surface area (TPSA) is 99.9 Å². The van der Waals surface area contributed by atoms with Crippen molar-refractivity contribution in [3.8, 4) is 11.8 Å². The monoisotopic (exact) mass is 463 g/mol. The molecule has 1 aliphatic rings. The van der Waals surface area contributed by atoms with Gasteiger partial charge >= 0.3 is 5.97 Å². The van der Waals surface area contributed by atoms with Gasteiger partial charge in [-0.15, -0.1) is 0 Å². The molecule has 0 bridgehead atoms. The smallest absolute Gasteiger partial charge is 0.310 e. The summed E-state index contributed by atoms with van der Waals surface area (Å²) in [5, 5.41) is 9.22. The van der Waals surface area contributed by atoms with Crippen molar-refractivity contribution in [3.05, 3.63) is 65.2 Å². The van der Waals surface area contributed by atoms with E-state index in [1.807, 2.05) is 12.1 Å². The van der Waals surface area contributed by atoms with Crippen molar-refractivity contribution in [1.29, 1.82) is 5.26 Å². The first kappa shape index (κ1) is 24.8. The molecular weight excluding hydrogens is 434 g/mol. The molecule has 0 aliphatic carbocycles. The van der Waals surface area contributed by atoms with E-state index < -0.39 is 0 Å². The normalized spacial score (nSPS) is 15.2. The third kappa shape index (κ3) is 6.35. The van der Waals surface area contributed by atoms with Gasteiger partial charge in [0.2, 0.25) is 5.91 Å². The van der Waals surface area contributed by atoms with Crippen LogP contribution in [0.5, 0.6) is 5.75 Å². The van der Waals surface area contributed by atoms with Crippen LogP contribution in [-0.4, -0.2) is 60.9 Å². The van der Waals surface area contributed by atoms with E-state index >= 15 is 0 Å². The molecule has 8 heteroatoms. The number of ether oxygens (including phenoxy) is 2. The zero-order valence-electron chi connectivity index (χ0n) is 19.5. The van der Waals surface area contributed by atoms with Gasteiger partial charge in [0.25, 0.3) is 5.91 Å². The maximum absolute atomic E-state index is 12.9. The van der Waals surface area contributed by atoms with Crippen LogP contribution >= 0.6 is 0 Å². The number of nitriles is 1. The van der Waals surface area contributed by atoms with Crippen LogP contribution in [-0.2, 0) is 20.9 Å². The number of piperidine rings is 1. The molecule has 2 aromatic carbocycles. The van der Waals surface area contributed by atoms with Gasteiger partial charge in [0, 0.05) is 31.3 Å². The number of nitrogens with zero attached hydrogens (tertiary/aromatic N) is 3. The third-order valence-corrected chi connectivity index (χ3v) is 5.73. The lowest BCUT2D eigenvalue weighted by Crippen LogP contribution is -2.47. The predicted molar refractivity (Wildman–Crippen MR) is 125 cm³/mol. The van der Waals surface area contributed by atoms with Gasteiger partial charge in [-0.05, 0) is 44.0 Å². The number of likely N-dealkylation sites (N-methyl/N-ethyl adjacent to an activating group) is 1. The van der Waals surface area contributed by atoms with E-state index in [4.69, 9.17) is 9.47 Å². The molecule has 34 heavy (non-hydrogen) atoms. The van der Waals surface area contributed by atoms with Gasteiger partial charge in [-0.25, -0.2) is 0 Å². The van der Waals surface area contributed by atoms with Gasteiger partial charge in [-0.3, -0.25) is 14.4 Å². The Morgan fingerprint density at radius 3 is 2.74 bits per heavy atom. The maximum atomic E-state index is 12.9. The van der Waals surface area contributed by atoms with Crippen molar-refractivity contribution in [3.63, 3.8) is 0 Å². The number of esters is 1. The number of carbonyl (C=O) groups excluding carboxylic acids is 3.